The summed E-state index contributed by atoms with van der Waals surface area (Å²) >= 11 is 0. The standard InChI is InChI=1S/C17H21F3N4O.HI/c1-21-16(23-13-6-7-24(10-13)11-17(18,19)20)22-9-14-8-12-4-2-3-5-15(12)25-14;/h2-5,8,13H,6-7,9-11H2,1H3,(H2,21,22,23);1H. The molecule has 3 rings (SSSR count). The minimum absolute atomic E-state index is 0. The lowest BCUT2D eigenvalue weighted by Crippen LogP contribution is -2.44. The SMILES string of the molecule is CN=C(NCc1cc2ccccc2o1)NC1CCN(CC(F)(F)F)C1.I. The summed E-state index contributed by atoms with van der Waals surface area (Å²) in [5.74, 6) is 1.33. The molecule has 0 spiro atoms. The number of furan rings is 1. The van der Waals surface area contributed by atoms with Crippen LogP contribution in [0, 0.1) is 0 Å². The molecule has 2 N–H and O–H groups in total. The second-order valence-corrected chi connectivity index (χ2v) is 6.16. The van der Waals surface area contributed by atoms with Gasteiger partial charge in [0.2, 0.25) is 0 Å². The van der Waals surface area contributed by atoms with E-state index in [4.69, 9.17) is 4.42 Å². The molecule has 5 nitrogen and oxygen atoms in total. The number of para-hydroxylation sites is 1. The fourth-order valence-electron chi connectivity index (χ4n) is 3.03. The Morgan fingerprint density at radius 3 is 2.81 bits per heavy atom. The second kappa shape index (κ2) is 8.94. The van der Waals surface area contributed by atoms with Gasteiger partial charge in [0.25, 0.3) is 0 Å². The first-order valence-electron chi connectivity index (χ1n) is 8.17. The Hall–Kier alpha value is -1.49. The Kier molecular flexibility index (Phi) is 7.16. The van der Waals surface area contributed by atoms with E-state index in [9.17, 15) is 13.2 Å². The molecule has 1 aliphatic heterocycles. The zero-order valence-corrected chi connectivity index (χ0v) is 16.7. The summed E-state index contributed by atoms with van der Waals surface area (Å²) in [7, 11) is 1.64. The van der Waals surface area contributed by atoms with E-state index in [1.165, 1.54) is 4.90 Å². The van der Waals surface area contributed by atoms with E-state index in [2.05, 4.69) is 15.6 Å². The van der Waals surface area contributed by atoms with Crippen molar-refractivity contribution in [3.63, 3.8) is 0 Å². The van der Waals surface area contributed by atoms with E-state index in [1.54, 1.807) is 7.05 Å². The number of nitrogens with zero attached hydrogens (tertiary/aromatic N) is 2. The van der Waals surface area contributed by atoms with Gasteiger partial charge in [-0.25, -0.2) is 0 Å². The number of hydrogen-bond acceptors (Lipinski definition) is 3. The first-order chi connectivity index (χ1) is 11.9. The summed E-state index contributed by atoms with van der Waals surface area (Å²) in [4.78, 5) is 5.54. The van der Waals surface area contributed by atoms with Crippen molar-refractivity contribution < 1.29 is 17.6 Å². The zero-order chi connectivity index (χ0) is 17.9. The van der Waals surface area contributed by atoms with Gasteiger partial charge in [0, 0.05) is 31.6 Å². The number of likely N-dealkylation sites (tertiary alicyclic amines) is 1. The van der Waals surface area contributed by atoms with Crippen molar-refractivity contribution in [3.8, 4) is 0 Å². The topological polar surface area (TPSA) is 52.8 Å². The summed E-state index contributed by atoms with van der Waals surface area (Å²) in [6.07, 6.45) is -3.50. The molecule has 1 saturated heterocycles. The lowest BCUT2D eigenvalue weighted by molar-refractivity contribution is -0.143. The van der Waals surface area contributed by atoms with E-state index in [0.717, 1.165) is 16.7 Å². The molecule has 0 saturated carbocycles. The third-order valence-electron chi connectivity index (χ3n) is 4.15. The highest BCUT2D eigenvalue weighted by Gasteiger charge is 2.34. The minimum atomic E-state index is -4.16. The molecule has 1 aromatic carbocycles. The molecule has 1 aliphatic rings. The van der Waals surface area contributed by atoms with Gasteiger partial charge in [-0.2, -0.15) is 13.2 Å². The number of benzene rings is 1. The number of hydrogen-bond donors (Lipinski definition) is 2. The van der Waals surface area contributed by atoms with Crippen LogP contribution in [0.4, 0.5) is 13.2 Å². The van der Waals surface area contributed by atoms with E-state index < -0.39 is 12.7 Å². The highest BCUT2D eigenvalue weighted by molar-refractivity contribution is 14.0. The maximum Gasteiger partial charge on any atom is 0.401 e. The van der Waals surface area contributed by atoms with Crippen LogP contribution in [-0.4, -0.2) is 49.8 Å². The molecule has 9 heteroatoms. The van der Waals surface area contributed by atoms with Gasteiger partial charge >= 0.3 is 6.18 Å². The molecule has 1 unspecified atom stereocenters. The average molecular weight is 482 g/mol. The Bertz CT molecular complexity index is 714. The van der Waals surface area contributed by atoms with E-state index in [0.29, 0.717) is 32.0 Å². The molecule has 0 bridgehead atoms. The average Bonchev–Trinajstić information content (AvgIpc) is 3.15. The maximum atomic E-state index is 12.5. The van der Waals surface area contributed by atoms with Gasteiger partial charge in [0.1, 0.15) is 11.3 Å². The summed E-state index contributed by atoms with van der Waals surface area (Å²) < 4.78 is 43.1. The van der Waals surface area contributed by atoms with Gasteiger partial charge in [-0.15, -0.1) is 24.0 Å². The van der Waals surface area contributed by atoms with Crippen LogP contribution in [-0.2, 0) is 6.54 Å². The largest absolute Gasteiger partial charge is 0.459 e. The summed E-state index contributed by atoms with van der Waals surface area (Å²) in [6.45, 7) is 0.367. The van der Waals surface area contributed by atoms with E-state index in [1.807, 2.05) is 30.3 Å². The second-order valence-electron chi connectivity index (χ2n) is 6.16. The monoisotopic (exact) mass is 482 g/mol. The predicted molar refractivity (Wildman–Crippen MR) is 106 cm³/mol. The predicted octanol–water partition coefficient (Wildman–Crippen LogP) is 3.35. The third-order valence-corrected chi connectivity index (χ3v) is 4.15. The van der Waals surface area contributed by atoms with Crippen molar-refractivity contribution in [2.24, 2.45) is 4.99 Å². The van der Waals surface area contributed by atoms with Gasteiger partial charge in [-0.3, -0.25) is 9.89 Å². The third kappa shape index (κ3) is 5.76. The molecule has 1 aromatic heterocycles. The van der Waals surface area contributed by atoms with Crippen LogP contribution in [0.1, 0.15) is 12.2 Å². The van der Waals surface area contributed by atoms with Gasteiger partial charge in [0.05, 0.1) is 13.1 Å². The normalized spacial score (nSPS) is 18.8. The van der Waals surface area contributed by atoms with Gasteiger partial charge in [0.15, 0.2) is 5.96 Å². The Labute approximate surface area is 167 Å². The molecule has 0 amide bonds. The molecule has 0 aliphatic carbocycles. The fourth-order valence-corrected chi connectivity index (χ4v) is 3.03. The van der Waals surface area contributed by atoms with Crippen LogP contribution in [0.25, 0.3) is 11.0 Å². The highest BCUT2D eigenvalue weighted by atomic mass is 127. The molecule has 0 radical (unpaired) electrons. The lowest BCUT2D eigenvalue weighted by atomic mass is 10.2. The van der Waals surface area contributed by atoms with Crippen molar-refractivity contribution in [3.05, 3.63) is 36.1 Å². The van der Waals surface area contributed by atoms with Crippen LogP contribution in [0.15, 0.2) is 39.7 Å². The molecule has 26 heavy (non-hydrogen) atoms. The molecular formula is C17H22F3IN4O. The smallest absolute Gasteiger partial charge is 0.401 e. The lowest BCUT2D eigenvalue weighted by Gasteiger charge is -2.19. The minimum Gasteiger partial charge on any atom is -0.459 e. The Morgan fingerprint density at radius 1 is 1.35 bits per heavy atom. The number of aliphatic imine (C=N–C) groups is 1. The van der Waals surface area contributed by atoms with E-state index in [-0.39, 0.29) is 30.0 Å². The number of alkyl halides is 3. The molecule has 1 atom stereocenters. The zero-order valence-electron chi connectivity index (χ0n) is 14.3. The summed E-state index contributed by atoms with van der Waals surface area (Å²) in [5, 5.41) is 7.34. The molecule has 2 heterocycles. The van der Waals surface area contributed by atoms with Gasteiger partial charge in [-0.05, 0) is 18.6 Å². The fraction of sp³-hybridized carbons (Fsp3) is 0.471. The maximum absolute atomic E-state index is 12.5. The van der Waals surface area contributed by atoms with Crippen molar-refractivity contribution >= 4 is 40.9 Å². The van der Waals surface area contributed by atoms with Crippen molar-refractivity contribution in [2.75, 3.05) is 26.7 Å². The Morgan fingerprint density at radius 2 is 2.12 bits per heavy atom. The van der Waals surface area contributed by atoms with Gasteiger partial charge in [-0.1, -0.05) is 18.2 Å². The molecule has 1 fully saturated rings. The van der Waals surface area contributed by atoms with Crippen molar-refractivity contribution in [2.45, 2.75) is 25.2 Å². The first-order valence-corrected chi connectivity index (χ1v) is 8.17. The van der Waals surface area contributed by atoms with Gasteiger partial charge < -0.3 is 15.1 Å². The molecule has 2 aromatic rings. The number of rotatable bonds is 4. The highest BCUT2D eigenvalue weighted by Crippen LogP contribution is 2.20. The molecule has 144 valence electrons. The molecular weight excluding hydrogens is 460 g/mol. The number of halogens is 4. The van der Waals surface area contributed by atoms with E-state index >= 15 is 0 Å². The summed E-state index contributed by atoms with van der Waals surface area (Å²) in [5.41, 5.74) is 0.820. The van der Waals surface area contributed by atoms with Crippen LogP contribution in [0.5, 0.6) is 0 Å². The number of nitrogens with one attached hydrogen (secondary N) is 2. The Balaban J connectivity index is 0.00000243. The van der Waals surface area contributed by atoms with Crippen LogP contribution < -0.4 is 10.6 Å². The van der Waals surface area contributed by atoms with Crippen molar-refractivity contribution in [1.82, 2.24) is 15.5 Å². The number of fused-ring (bicyclic) bond motifs is 1. The quantitative estimate of drug-likeness (QED) is 0.399. The van der Waals surface area contributed by atoms with Crippen LogP contribution in [0.3, 0.4) is 0 Å². The van der Waals surface area contributed by atoms with Crippen molar-refractivity contribution in [1.29, 1.82) is 0 Å². The van der Waals surface area contributed by atoms with Crippen LogP contribution >= 0.6 is 24.0 Å². The summed E-state index contributed by atoms with van der Waals surface area (Å²) in [6, 6.07) is 9.64. The first kappa shape index (κ1) is 20.8. The number of guanidine groups is 1. The van der Waals surface area contributed by atoms with Crippen LogP contribution in [0.2, 0.25) is 0 Å².